The Morgan fingerprint density at radius 3 is 2.73 bits per heavy atom. The summed E-state index contributed by atoms with van der Waals surface area (Å²) in [5.41, 5.74) is 0.198. The Balaban J connectivity index is 1.80. The number of anilines is 1. The number of halogens is 2. The molecule has 0 aromatic heterocycles. The molecule has 0 amide bonds. The van der Waals surface area contributed by atoms with Gasteiger partial charge in [-0.1, -0.05) is 16.3 Å². The predicted molar refractivity (Wildman–Crippen MR) is 68.2 cm³/mol. The van der Waals surface area contributed by atoms with E-state index >= 15 is 0 Å². The van der Waals surface area contributed by atoms with Gasteiger partial charge >= 0.3 is 5.97 Å². The minimum atomic E-state index is -1.24. The Labute approximate surface area is 122 Å². The first-order valence-electron chi connectivity index (χ1n) is 6.13. The quantitative estimate of drug-likeness (QED) is 0.879. The maximum atomic E-state index is 13.7. The van der Waals surface area contributed by atoms with Gasteiger partial charge in [0.2, 0.25) is 6.29 Å². The minimum Gasteiger partial charge on any atom is -0.478 e. The predicted octanol–water partition coefficient (Wildman–Crippen LogP) is 2.98. The maximum Gasteiger partial charge on any atom is 0.335 e. The van der Waals surface area contributed by atoms with E-state index in [1.807, 2.05) is 0 Å². The Morgan fingerprint density at radius 2 is 2.00 bits per heavy atom. The molecule has 2 aromatic rings. The van der Waals surface area contributed by atoms with Crippen LogP contribution in [0.15, 0.2) is 42.5 Å². The molecule has 0 aliphatic carbocycles. The molecule has 1 fully saturated rings. The molecule has 3 rings (SSSR count). The van der Waals surface area contributed by atoms with Crippen LogP contribution in [0.25, 0.3) is 0 Å². The highest BCUT2D eigenvalue weighted by atomic mass is 19.1. The standard InChI is InChI=1S/C14H9F2NO5/c15-9-4-5-11(12(16)7-9)14-20-17(22-21-14)10-3-1-2-8(6-10)13(18)19/h1-7,14H,(H,18,19). The molecule has 1 aliphatic heterocycles. The van der Waals surface area contributed by atoms with E-state index in [1.54, 1.807) is 0 Å². The van der Waals surface area contributed by atoms with Gasteiger partial charge in [-0.15, -0.1) is 0 Å². The third-order valence-electron chi connectivity index (χ3n) is 2.91. The van der Waals surface area contributed by atoms with E-state index in [0.29, 0.717) is 6.07 Å². The minimum absolute atomic E-state index is 0.0149. The van der Waals surface area contributed by atoms with Gasteiger partial charge in [-0.2, -0.15) is 4.89 Å². The van der Waals surface area contributed by atoms with E-state index in [1.165, 1.54) is 24.3 Å². The second-order valence-electron chi connectivity index (χ2n) is 4.39. The van der Waals surface area contributed by atoms with Gasteiger partial charge in [0.05, 0.1) is 11.3 Å². The molecule has 8 heteroatoms. The van der Waals surface area contributed by atoms with Gasteiger partial charge in [-0.3, -0.25) is 0 Å². The average Bonchev–Trinajstić information content (AvgIpc) is 2.97. The number of rotatable bonds is 3. The topological polar surface area (TPSA) is 68.2 Å². The molecule has 2 aromatic carbocycles. The van der Waals surface area contributed by atoms with Crippen molar-refractivity contribution in [1.29, 1.82) is 0 Å². The highest BCUT2D eigenvalue weighted by molar-refractivity contribution is 5.88. The van der Waals surface area contributed by atoms with Crippen molar-refractivity contribution in [3.8, 4) is 0 Å². The molecule has 6 nitrogen and oxygen atoms in total. The first kappa shape index (κ1) is 14.4. The smallest absolute Gasteiger partial charge is 0.335 e. The lowest BCUT2D eigenvalue weighted by Gasteiger charge is -2.12. The summed E-state index contributed by atoms with van der Waals surface area (Å²) in [6, 6.07) is 8.58. The molecule has 1 heterocycles. The van der Waals surface area contributed by atoms with Gasteiger partial charge in [-0.05, 0) is 30.3 Å². The van der Waals surface area contributed by atoms with Crippen LogP contribution in [0.2, 0.25) is 0 Å². The number of carboxylic acid groups (broad SMARTS) is 1. The van der Waals surface area contributed by atoms with Crippen LogP contribution in [0.4, 0.5) is 14.5 Å². The van der Waals surface area contributed by atoms with Crippen LogP contribution in [-0.4, -0.2) is 11.1 Å². The highest BCUT2D eigenvalue weighted by Gasteiger charge is 2.31. The van der Waals surface area contributed by atoms with Crippen LogP contribution in [0.5, 0.6) is 0 Å². The summed E-state index contributed by atoms with van der Waals surface area (Å²) in [6.07, 6.45) is -1.24. The lowest BCUT2D eigenvalue weighted by molar-refractivity contribution is -0.286. The molecule has 0 spiro atoms. The number of hydrogen-bond donors (Lipinski definition) is 1. The van der Waals surface area contributed by atoms with E-state index in [2.05, 4.69) is 0 Å². The SMILES string of the molecule is O=C(O)c1cccc(N2OOC(c3ccc(F)cc3F)O2)c1. The molecule has 22 heavy (non-hydrogen) atoms. The van der Waals surface area contributed by atoms with Crippen molar-refractivity contribution in [3.05, 3.63) is 65.2 Å². The van der Waals surface area contributed by atoms with Crippen molar-refractivity contribution < 1.29 is 33.4 Å². The lowest BCUT2D eigenvalue weighted by atomic mass is 10.2. The maximum absolute atomic E-state index is 13.7. The fourth-order valence-electron chi connectivity index (χ4n) is 1.86. The summed E-state index contributed by atoms with van der Waals surface area (Å²) in [7, 11) is 0. The first-order valence-corrected chi connectivity index (χ1v) is 6.13. The van der Waals surface area contributed by atoms with Gasteiger partial charge in [0.1, 0.15) is 11.6 Å². The monoisotopic (exact) mass is 309 g/mol. The summed E-state index contributed by atoms with van der Waals surface area (Å²) in [6.45, 7) is 0. The fraction of sp³-hybridized carbons (Fsp3) is 0.0714. The molecule has 1 aliphatic rings. The number of benzene rings is 2. The van der Waals surface area contributed by atoms with Crippen molar-refractivity contribution in [3.63, 3.8) is 0 Å². The number of aromatic carboxylic acids is 1. The molecule has 0 saturated carbocycles. The Morgan fingerprint density at radius 1 is 1.18 bits per heavy atom. The zero-order valence-electron chi connectivity index (χ0n) is 10.9. The van der Waals surface area contributed by atoms with Crippen LogP contribution in [-0.2, 0) is 14.7 Å². The van der Waals surface area contributed by atoms with Crippen molar-refractivity contribution >= 4 is 11.7 Å². The number of nitrogens with zero attached hydrogens (tertiary/aromatic N) is 1. The van der Waals surface area contributed by atoms with E-state index < -0.39 is 23.9 Å². The third-order valence-corrected chi connectivity index (χ3v) is 2.91. The van der Waals surface area contributed by atoms with Gasteiger partial charge in [0.15, 0.2) is 0 Å². The summed E-state index contributed by atoms with van der Waals surface area (Å²) in [5.74, 6) is -2.70. The number of carbonyl (C=O) groups is 1. The van der Waals surface area contributed by atoms with Crippen molar-refractivity contribution in [2.45, 2.75) is 6.29 Å². The molecule has 0 radical (unpaired) electrons. The van der Waals surface area contributed by atoms with E-state index in [9.17, 15) is 13.6 Å². The second kappa shape index (κ2) is 5.68. The lowest BCUT2D eigenvalue weighted by Crippen LogP contribution is -2.15. The normalized spacial score (nSPS) is 17.7. The van der Waals surface area contributed by atoms with Crippen LogP contribution >= 0.6 is 0 Å². The molecule has 1 N–H and O–H groups in total. The van der Waals surface area contributed by atoms with Crippen LogP contribution in [0.3, 0.4) is 0 Å². The van der Waals surface area contributed by atoms with Gasteiger partial charge in [0.25, 0.3) is 0 Å². The zero-order chi connectivity index (χ0) is 15.7. The zero-order valence-corrected chi connectivity index (χ0v) is 10.9. The summed E-state index contributed by atoms with van der Waals surface area (Å²) < 4.78 is 26.5. The molecule has 1 atom stereocenters. The Kier molecular flexibility index (Phi) is 3.72. The largest absolute Gasteiger partial charge is 0.478 e. The third kappa shape index (κ3) is 2.75. The van der Waals surface area contributed by atoms with Crippen LogP contribution < -0.4 is 5.23 Å². The summed E-state index contributed by atoms with van der Waals surface area (Å²) in [5, 5.41) is 9.73. The van der Waals surface area contributed by atoms with Gasteiger partial charge in [0, 0.05) is 11.6 Å². The Hall–Kier alpha value is -2.55. The molecular formula is C14H9F2NO5. The molecule has 114 valence electrons. The summed E-state index contributed by atoms with van der Waals surface area (Å²) in [4.78, 5) is 25.7. The van der Waals surface area contributed by atoms with Gasteiger partial charge in [-0.25, -0.2) is 18.4 Å². The molecule has 1 saturated heterocycles. The van der Waals surface area contributed by atoms with Crippen LogP contribution in [0.1, 0.15) is 22.2 Å². The van der Waals surface area contributed by atoms with E-state index in [0.717, 1.165) is 17.4 Å². The van der Waals surface area contributed by atoms with Crippen molar-refractivity contribution in [2.24, 2.45) is 0 Å². The molecule has 1 unspecified atom stereocenters. The Bertz CT molecular complexity index is 724. The van der Waals surface area contributed by atoms with E-state index in [4.69, 9.17) is 19.8 Å². The number of hydrogen-bond acceptors (Lipinski definition) is 5. The molecule has 0 bridgehead atoms. The van der Waals surface area contributed by atoms with Crippen LogP contribution in [0, 0.1) is 11.6 Å². The average molecular weight is 309 g/mol. The second-order valence-corrected chi connectivity index (χ2v) is 4.39. The van der Waals surface area contributed by atoms with Crippen molar-refractivity contribution in [1.82, 2.24) is 0 Å². The van der Waals surface area contributed by atoms with Crippen molar-refractivity contribution in [2.75, 3.05) is 5.23 Å². The summed E-state index contributed by atoms with van der Waals surface area (Å²) >= 11 is 0. The van der Waals surface area contributed by atoms with E-state index in [-0.39, 0.29) is 16.8 Å². The number of carboxylic acids is 1. The van der Waals surface area contributed by atoms with Gasteiger partial charge < -0.3 is 5.11 Å². The fourth-order valence-corrected chi connectivity index (χ4v) is 1.86. The molecular weight excluding hydrogens is 300 g/mol. The first-order chi connectivity index (χ1) is 10.5. The highest BCUT2D eigenvalue weighted by Crippen LogP contribution is 2.32.